The summed E-state index contributed by atoms with van der Waals surface area (Å²) in [6.07, 6.45) is 5.14. The van der Waals surface area contributed by atoms with Gasteiger partial charge in [-0.25, -0.2) is 4.68 Å². The molecular formula is C14H19ClN4. The summed E-state index contributed by atoms with van der Waals surface area (Å²) in [5.74, 6) is 0. The zero-order valence-corrected chi connectivity index (χ0v) is 11.6. The van der Waals surface area contributed by atoms with Crippen LogP contribution >= 0.6 is 12.4 Å². The monoisotopic (exact) mass is 278 g/mol. The second-order valence-corrected chi connectivity index (χ2v) is 4.91. The minimum Gasteiger partial charge on any atom is -0.326 e. The highest BCUT2D eigenvalue weighted by atomic mass is 35.5. The number of aromatic nitrogens is 2. The maximum Gasteiger partial charge on any atom is 0.0645 e. The minimum absolute atomic E-state index is 0. The SMILES string of the molecule is Cl.N[C@@H]1CCN(Cc2cnn(-c3ccccc3)c2)C1. The molecule has 2 N–H and O–H groups in total. The maximum atomic E-state index is 5.91. The number of hydrogen-bond acceptors (Lipinski definition) is 3. The first-order valence-electron chi connectivity index (χ1n) is 6.38. The van der Waals surface area contributed by atoms with E-state index in [1.54, 1.807) is 0 Å². The largest absolute Gasteiger partial charge is 0.326 e. The average Bonchev–Trinajstić information content (AvgIpc) is 3.01. The van der Waals surface area contributed by atoms with Crippen molar-refractivity contribution in [3.63, 3.8) is 0 Å². The van der Waals surface area contributed by atoms with Crippen molar-refractivity contribution in [3.05, 3.63) is 48.3 Å². The van der Waals surface area contributed by atoms with E-state index in [1.807, 2.05) is 29.1 Å². The van der Waals surface area contributed by atoms with E-state index in [2.05, 4.69) is 28.3 Å². The molecule has 19 heavy (non-hydrogen) atoms. The Hall–Kier alpha value is -1.36. The van der Waals surface area contributed by atoms with Gasteiger partial charge in [0.05, 0.1) is 11.9 Å². The molecule has 2 aromatic rings. The molecule has 0 radical (unpaired) electrons. The Morgan fingerprint density at radius 3 is 2.74 bits per heavy atom. The van der Waals surface area contributed by atoms with Crippen molar-refractivity contribution in [1.82, 2.24) is 14.7 Å². The zero-order chi connectivity index (χ0) is 12.4. The van der Waals surface area contributed by atoms with Crippen molar-refractivity contribution < 1.29 is 0 Å². The number of nitrogens with two attached hydrogens (primary N) is 1. The van der Waals surface area contributed by atoms with Crippen LogP contribution in [0, 0.1) is 0 Å². The van der Waals surface area contributed by atoms with E-state index in [9.17, 15) is 0 Å². The summed E-state index contributed by atoms with van der Waals surface area (Å²) in [4.78, 5) is 2.39. The first-order chi connectivity index (χ1) is 8.81. The Morgan fingerprint density at radius 1 is 1.26 bits per heavy atom. The Kier molecular flexibility index (Phi) is 4.58. The minimum atomic E-state index is 0. The predicted molar refractivity (Wildman–Crippen MR) is 78.7 cm³/mol. The molecule has 1 aliphatic rings. The van der Waals surface area contributed by atoms with Gasteiger partial charge in [-0.15, -0.1) is 12.4 Å². The molecule has 1 saturated heterocycles. The van der Waals surface area contributed by atoms with E-state index in [0.29, 0.717) is 6.04 Å². The first-order valence-corrected chi connectivity index (χ1v) is 6.38. The lowest BCUT2D eigenvalue weighted by Crippen LogP contribution is -2.26. The third-order valence-corrected chi connectivity index (χ3v) is 3.37. The van der Waals surface area contributed by atoms with Crippen LogP contribution in [-0.4, -0.2) is 33.8 Å². The zero-order valence-electron chi connectivity index (χ0n) is 10.8. The summed E-state index contributed by atoms with van der Waals surface area (Å²) in [5.41, 5.74) is 8.25. The third-order valence-electron chi connectivity index (χ3n) is 3.37. The third kappa shape index (κ3) is 3.35. The highest BCUT2D eigenvalue weighted by molar-refractivity contribution is 5.85. The van der Waals surface area contributed by atoms with E-state index in [1.165, 1.54) is 5.56 Å². The molecule has 0 unspecified atom stereocenters. The van der Waals surface area contributed by atoms with E-state index in [-0.39, 0.29) is 12.4 Å². The number of likely N-dealkylation sites (tertiary alicyclic amines) is 1. The van der Waals surface area contributed by atoms with E-state index in [4.69, 9.17) is 5.73 Å². The fourth-order valence-corrected chi connectivity index (χ4v) is 2.43. The average molecular weight is 279 g/mol. The molecule has 2 heterocycles. The molecule has 102 valence electrons. The summed E-state index contributed by atoms with van der Waals surface area (Å²) in [6, 6.07) is 10.5. The lowest BCUT2D eigenvalue weighted by molar-refractivity contribution is 0.327. The Morgan fingerprint density at radius 2 is 2.05 bits per heavy atom. The van der Waals surface area contributed by atoms with Gasteiger partial charge >= 0.3 is 0 Å². The second kappa shape index (κ2) is 6.19. The second-order valence-electron chi connectivity index (χ2n) is 4.91. The van der Waals surface area contributed by atoms with Crippen LogP contribution in [0.2, 0.25) is 0 Å². The Bertz CT molecular complexity index is 511. The maximum absolute atomic E-state index is 5.91. The molecule has 0 amide bonds. The summed E-state index contributed by atoms with van der Waals surface area (Å²) in [6.45, 7) is 3.04. The van der Waals surface area contributed by atoms with Gasteiger partial charge in [0.1, 0.15) is 0 Å². The Balaban J connectivity index is 0.00000133. The van der Waals surface area contributed by atoms with Crippen LogP contribution < -0.4 is 5.73 Å². The van der Waals surface area contributed by atoms with Gasteiger partial charge in [0.15, 0.2) is 0 Å². The molecule has 1 fully saturated rings. The topological polar surface area (TPSA) is 47.1 Å². The number of halogens is 1. The number of nitrogens with zero attached hydrogens (tertiary/aromatic N) is 3. The van der Waals surface area contributed by atoms with Gasteiger partial charge in [-0.3, -0.25) is 4.90 Å². The van der Waals surface area contributed by atoms with Crippen molar-refractivity contribution >= 4 is 12.4 Å². The van der Waals surface area contributed by atoms with Gasteiger partial charge < -0.3 is 5.73 Å². The standard InChI is InChI=1S/C14H18N4.ClH/c15-13-6-7-17(11-13)9-12-8-16-18(10-12)14-4-2-1-3-5-14;/h1-5,8,10,13H,6-7,9,11,15H2;1H/t13-;/m1./s1. The van der Waals surface area contributed by atoms with Gasteiger partial charge in [0.25, 0.3) is 0 Å². The van der Waals surface area contributed by atoms with E-state index >= 15 is 0 Å². The quantitative estimate of drug-likeness (QED) is 0.932. The van der Waals surface area contributed by atoms with Gasteiger partial charge in [-0.1, -0.05) is 18.2 Å². The van der Waals surface area contributed by atoms with Crippen LogP contribution in [0.4, 0.5) is 0 Å². The molecule has 5 heteroatoms. The molecule has 0 aliphatic carbocycles. The normalized spacial score (nSPS) is 19.3. The molecule has 0 spiro atoms. The van der Waals surface area contributed by atoms with Crippen LogP contribution in [0.3, 0.4) is 0 Å². The lowest BCUT2D eigenvalue weighted by atomic mass is 10.3. The van der Waals surface area contributed by atoms with Crippen LogP contribution in [0.5, 0.6) is 0 Å². The highest BCUT2D eigenvalue weighted by Crippen LogP contribution is 2.13. The van der Waals surface area contributed by atoms with Crippen LogP contribution in [-0.2, 0) is 6.54 Å². The number of para-hydroxylation sites is 1. The molecule has 1 atom stereocenters. The summed E-state index contributed by atoms with van der Waals surface area (Å²) < 4.78 is 1.92. The van der Waals surface area contributed by atoms with Crippen LogP contribution in [0.1, 0.15) is 12.0 Å². The van der Waals surface area contributed by atoms with Gasteiger partial charge in [-0.2, -0.15) is 5.10 Å². The smallest absolute Gasteiger partial charge is 0.0645 e. The van der Waals surface area contributed by atoms with Crippen molar-refractivity contribution in [1.29, 1.82) is 0 Å². The fourth-order valence-electron chi connectivity index (χ4n) is 2.43. The van der Waals surface area contributed by atoms with Crippen LogP contribution in [0.25, 0.3) is 5.69 Å². The number of benzene rings is 1. The number of rotatable bonds is 3. The van der Waals surface area contributed by atoms with E-state index < -0.39 is 0 Å². The highest BCUT2D eigenvalue weighted by Gasteiger charge is 2.19. The van der Waals surface area contributed by atoms with Crippen molar-refractivity contribution in [2.45, 2.75) is 19.0 Å². The molecule has 1 aromatic heterocycles. The summed E-state index contributed by atoms with van der Waals surface area (Å²) >= 11 is 0. The van der Waals surface area contributed by atoms with Crippen molar-refractivity contribution in [2.24, 2.45) is 5.73 Å². The molecular weight excluding hydrogens is 260 g/mol. The number of hydrogen-bond donors (Lipinski definition) is 1. The van der Waals surface area contributed by atoms with E-state index in [0.717, 1.165) is 31.7 Å². The molecule has 1 aromatic carbocycles. The van der Waals surface area contributed by atoms with Gasteiger partial charge in [-0.05, 0) is 18.6 Å². The van der Waals surface area contributed by atoms with Gasteiger partial charge in [0.2, 0.25) is 0 Å². The fraction of sp³-hybridized carbons (Fsp3) is 0.357. The molecule has 4 nitrogen and oxygen atoms in total. The summed E-state index contributed by atoms with van der Waals surface area (Å²) in [7, 11) is 0. The Labute approximate surface area is 119 Å². The van der Waals surface area contributed by atoms with Crippen molar-refractivity contribution in [2.75, 3.05) is 13.1 Å². The van der Waals surface area contributed by atoms with Crippen molar-refractivity contribution in [3.8, 4) is 5.69 Å². The lowest BCUT2D eigenvalue weighted by Gasteiger charge is -2.13. The molecule has 0 saturated carbocycles. The van der Waals surface area contributed by atoms with Crippen LogP contribution in [0.15, 0.2) is 42.7 Å². The molecule has 1 aliphatic heterocycles. The molecule has 0 bridgehead atoms. The summed E-state index contributed by atoms with van der Waals surface area (Å²) in [5, 5.41) is 4.41. The van der Waals surface area contributed by atoms with Gasteiger partial charge in [0, 0.05) is 37.4 Å². The first kappa shape index (κ1) is 14.1. The molecule has 3 rings (SSSR count). The predicted octanol–water partition coefficient (Wildman–Crippen LogP) is 1.83.